The van der Waals surface area contributed by atoms with Crippen LogP contribution in [0.25, 0.3) is 0 Å². The first-order valence-electron chi connectivity index (χ1n) is 10.5. The number of carbonyl (C=O) groups is 2. The average Bonchev–Trinajstić information content (AvgIpc) is 3.27. The summed E-state index contributed by atoms with van der Waals surface area (Å²) in [5.74, 6) is -0.0478. The Bertz CT molecular complexity index is 917. The van der Waals surface area contributed by atoms with Gasteiger partial charge in [-0.05, 0) is 43.2 Å². The molecule has 4 rings (SSSR count). The third-order valence-electron chi connectivity index (χ3n) is 5.99. The van der Waals surface area contributed by atoms with Gasteiger partial charge in [-0.2, -0.15) is 0 Å². The Balaban J connectivity index is 1.35. The molecule has 2 aromatic rings. The summed E-state index contributed by atoms with van der Waals surface area (Å²) in [6.45, 7) is 0.130. The number of ether oxygens (including phenoxy) is 3. The summed E-state index contributed by atoms with van der Waals surface area (Å²) in [6.07, 6.45) is 0.606. The molecule has 1 aliphatic carbocycles. The van der Waals surface area contributed by atoms with E-state index in [0.717, 1.165) is 0 Å². The van der Waals surface area contributed by atoms with Crippen LogP contribution in [0.1, 0.15) is 36.0 Å². The van der Waals surface area contributed by atoms with Gasteiger partial charge in [0.1, 0.15) is 24.6 Å². The summed E-state index contributed by atoms with van der Waals surface area (Å²) < 4.78 is 16.8. The number of esters is 2. The summed E-state index contributed by atoms with van der Waals surface area (Å²) in [6, 6.07) is 15.8. The van der Waals surface area contributed by atoms with Crippen LogP contribution in [0.4, 0.5) is 0 Å². The summed E-state index contributed by atoms with van der Waals surface area (Å²) in [5, 5.41) is 11.0. The lowest BCUT2D eigenvalue weighted by atomic mass is 9.87. The number of carbonyl (C=O) groups excluding carboxylic acids is 2. The van der Waals surface area contributed by atoms with Gasteiger partial charge in [0.2, 0.25) is 0 Å². The first-order chi connectivity index (χ1) is 15.0. The molecule has 5 atom stereocenters. The highest BCUT2D eigenvalue weighted by Gasteiger charge is 2.51. The molecule has 0 amide bonds. The first kappa shape index (κ1) is 21.7. The first-order valence-corrected chi connectivity index (χ1v) is 10.9. The van der Waals surface area contributed by atoms with E-state index in [1.54, 1.807) is 48.5 Å². The van der Waals surface area contributed by atoms with Crippen LogP contribution in [-0.2, 0) is 14.3 Å². The SMILES string of the molecule is O=C1C[C@@H]2[C@@H](CC[C@@H](O)COc3cccc(Cl)c3)[C@H](OC(=O)c3ccccc3)C[C@@H]2O1. The molecular weight excluding hydrogens is 420 g/mol. The Labute approximate surface area is 186 Å². The van der Waals surface area contributed by atoms with E-state index in [2.05, 4.69) is 0 Å². The van der Waals surface area contributed by atoms with Crippen molar-refractivity contribution in [3.63, 3.8) is 0 Å². The van der Waals surface area contributed by atoms with Crippen molar-refractivity contribution in [2.75, 3.05) is 6.61 Å². The van der Waals surface area contributed by atoms with E-state index in [4.69, 9.17) is 25.8 Å². The quantitative estimate of drug-likeness (QED) is 0.619. The summed E-state index contributed by atoms with van der Waals surface area (Å²) >= 11 is 5.95. The minimum Gasteiger partial charge on any atom is -0.491 e. The topological polar surface area (TPSA) is 82.1 Å². The molecule has 0 unspecified atom stereocenters. The molecule has 0 radical (unpaired) electrons. The van der Waals surface area contributed by atoms with Gasteiger partial charge in [0.25, 0.3) is 0 Å². The Kier molecular flexibility index (Phi) is 6.78. The van der Waals surface area contributed by atoms with E-state index < -0.39 is 6.10 Å². The lowest BCUT2D eigenvalue weighted by Crippen LogP contribution is -2.28. The molecule has 0 bridgehead atoms. The molecule has 1 saturated heterocycles. The monoisotopic (exact) mass is 444 g/mol. The second-order valence-corrected chi connectivity index (χ2v) is 8.54. The van der Waals surface area contributed by atoms with E-state index in [1.807, 2.05) is 6.07 Å². The van der Waals surface area contributed by atoms with Crippen LogP contribution >= 0.6 is 11.6 Å². The largest absolute Gasteiger partial charge is 0.491 e. The highest BCUT2D eigenvalue weighted by atomic mass is 35.5. The number of aliphatic hydroxyl groups excluding tert-OH is 1. The summed E-state index contributed by atoms with van der Waals surface area (Å²) in [4.78, 5) is 24.3. The number of aliphatic hydroxyl groups is 1. The molecule has 2 aromatic carbocycles. The van der Waals surface area contributed by atoms with Crippen LogP contribution in [0.5, 0.6) is 5.75 Å². The Hall–Kier alpha value is -2.57. The van der Waals surface area contributed by atoms with Crippen molar-refractivity contribution < 1.29 is 28.9 Å². The van der Waals surface area contributed by atoms with Gasteiger partial charge in [-0.25, -0.2) is 4.79 Å². The summed E-state index contributed by atoms with van der Waals surface area (Å²) in [7, 11) is 0. The molecule has 2 aliphatic rings. The molecule has 31 heavy (non-hydrogen) atoms. The van der Waals surface area contributed by atoms with Crippen molar-refractivity contribution in [2.24, 2.45) is 11.8 Å². The molecule has 1 saturated carbocycles. The normalized spacial score (nSPS) is 25.5. The fourth-order valence-corrected chi connectivity index (χ4v) is 4.67. The molecule has 1 N–H and O–H groups in total. The van der Waals surface area contributed by atoms with Gasteiger partial charge in [-0.1, -0.05) is 35.9 Å². The van der Waals surface area contributed by atoms with E-state index in [0.29, 0.717) is 42.0 Å². The zero-order valence-corrected chi connectivity index (χ0v) is 17.7. The zero-order chi connectivity index (χ0) is 21.8. The molecule has 1 heterocycles. The minimum absolute atomic E-state index is 0.00196. The molecule has 1 aliphatic heterocycles. The molecule has 0 spiro atoms. The number of halogens is 1. The van der Waals surface area contributed by atoms with Gasteiger partial charge in [0.05, 0.1) is 18.1 Å². The number of hydrogen-bond donors (Lipinski definition) is 1. The van der Waals surface area contributed by atoms with Crippen molar-refractivity contribution in [2.45, 2.75) is 44.0 Å². The van der Waals surface area contributed by atoms with Gasteiger partial charge >= 0.3 is 11.9 Å². The second-order valence-electron chi connectivity index (χ2n) is 8.11. The molecule has 164 valence electrons. The van der Waals surface area contributed by atoms with Gasteiger partial charge in [-0.15, -0.1) is 0 Å². The number of fused-ring (bicyclic) bond motifs is 1. The fourth-order valence-electron chi connectivity index (χ4n) is 4.49. The highest BCUT2D eigenvalue weighted by Crippen LogP contribution is 2.45. The van der Waals surface area contributed by atoms with Crippen LogP contribution in [0.15, 0.2) is 54.6 Å². The van der Waals surface area contributed by atoms with Crippen LogP contribution < -0.4 is 4.74 Å². The third-order valence-corrected chi connectivity index (χ3v) is 6.23. The van der Waals surface area contributed by atoms with Crippen molar-refractivity contribution in [1.29, 1.82) is 0 Å². The fraction of sp³-hybridized carbons (Fsp3) is 0.417. The third kappa shape index (κ3) is 5.38. The number of rotatable bonds is 8. The lowest BCUT2D eigenvalue weighted by molar-refractivity contribution is -0.141. The highest BCUT2D eigenvalue weighted by molar-refractivity contribution is 6.30. The van der Waals surface area contributed by atoms with Gasteiger partial charge in [0, 0.05) is 23.3 Å². The maximum Gasteiger partial charge on any atom is 0.338 e. The van der Waals surface area contributed by atoms with Gasteiger partial charge in [0.15, 0.2) is 0 Å². The van der Waals surface area contributed by atoms with Crippen LogP contribution in [0, 0.1) is 11.8 Å². The minimum atomic E-state index is -0.693. The van der Waals surface area contributed by atoms with Crippen LogP contribution in [0.3, 0.4) is 0 Å². The predicted octanol–water partition coefficient (Wildman–Crippen LogP) is 4.04. The maximum atomic E-state index is 12.5. The standard InChI is InChI=1S/C24H25ClO6/c25-16-7-4-8-18(11-16)29-14-17(26)9-10-19-20-12-23(27)30-22(20)13-21(19)31-24(28)15-5-2-1-3-6-15/h1-8,11,17,19-22,26H,9-10,12-14H2/t17-,19-,20-,21-,22+/m1/s1. The van der Waals surface area contributed by atoms with E-state index in [1.165, 1.54) is 0 Å². The molecule has 2 fully saturated rings. The second kappa shape index (κ2) is 9.71. The molecule has 7 heteroatoms. The van der Waals surface area contributed by atoms with Crippen molar-refractivity contribution in [1.82, 2.24) is 0 Å². The smallest absolute Gasteiger partial charge is 0.338 e. The Morgan fingerprint density at radius 3 is 2.77 bits per heavy atom. The zero-order valence-electron chi connectivity index (χ0n) is 17.0. The summed E-state index contributed by atoms with van der Waals surface area (Å²) in [5.41, 5.74) is 0.491. The Morgan fingerprint density at radius 2 is 2.00 bits per heavy atom. The number of hydrogen-bond acceptors (Lipinski definition) is 6. The van der Waals surface area contributed by atoms with Crippen molar-refractivity contribution >= 4 is 23.5 Å². The molecular formula is C24H25ClO6. The van der Waals surface area contributed by atoms with Gasteiger partial charge < -0.3 is 19.3 Å². The van der Waals surface area contributed by atoms with Crippen LogP contribution in [-0.4, -0.2) is 42.0 Å². The van der Waals surface area contributed by atoms with Crippen LogP contribution in [0.2, 0.25) is 5.02 Å². The van der Waals surface area contributed by atoms with E-state index in [-0.39, 0.29) is 42.6 Å². The Morgan fingerprint density at radius 1 is 1.19 bits per heavy atom. The van der Waals surface area contributed by atoms with Crippen molar-refractivity contribution in [3.8, 4) is 5.75 Å². The van der Waals surface area contributed by atoms with Crippen molar-refractivity contribution in [3.05, 3.63) is 65.2 Å². The average molecular weight is 445 g/mol. The lowest BCUT2D eigenvalue weighted by Gasteiger charge is -2.24. The molecule has 0 aromatic heterocycles. The number of benzene rings is 2. The molecule has 6 nitrogen and oxygen atoms in total. The van der Waals surface area contributed by atoms with Gasteiger partial charge in [-0.3, -0.25) is 4.79 Å². The predicted molar refractivity (Wildman–Crippen MR) is 114 cm³/mol. The van der Waals surface area contributed by atoms with E-state index in [9.17, 15) is 14.7 Å². The maximum absolute atomic E-state index is 12.5. The van der Waals surface area contributed by atoms with E-state index >= 15 is 0 Å².